The zero-order valence-corrected chi connectivity index (χ0v) is 20.5. The van der Waals surface area contributed by atoms with Crippen LogP contribution in [-0.4, -0.2) is 48.2 Å². The topological polar surface area (TPSA) is 66.4 Å². The molecule has 2 aliphatic heterocycles. The van der Waals surface area contributed by atoms with Crippen LogP contribution >= 0.6 is 0 Å². The van der Waals surface area contributed by atoms with Gasteiger partial charge in [-0.2, -0.15) is 0 Å². The lowest BCUT2D eigenvalue weighted by Crippen LogP contribution is -2.42. The summed E-state index contributed by atoms with van der Waals surface area (Å²) < 4.78 is 30.4. The first-order chi connectivity index (χ1) is 15.4. The van der Waals surface area contributed by atoms with Crippen LogP contribution < -0.4 is 4.74 Å². The van der Waals surface area contributed by atoms with Crippen LogP contribution in [0.3, 0.4) is 0 Å². The highest BCUT2D eigenvalue weighted by Crippen LogP contribution is 2.40. The fourth-order valence-corrected chi connectivity index (χ4v) is 4.38. The average molecular weight is 451 g/mol. The van der Waals surface area contributed by atoms with E-state index in [0.717, 1.165) is 56.4 Å². The van der Waals surface area contributed by atoms with Crippen LogP contribution in [0.25, 0.3) is 0 Å². The van der Waals surface area contributed by atoms with Gasteiger partial charge in [-0.05, 0) is 56.7 Å². The van der Waals surface area contributed by atoms with Crippen LogP contribution in [0.5, 0.6) is 5.75 Å². The van der Waals surface area contributed by atoms with Gasteiger partial charge in [-0.25, -0.2) is 0 Å². The van der Waals surface area contributed by atoms with Crippen molar-refractivity contribution in [3.8, 4) is 5.75 Å². The molecule has 2 aliphatic rings. The molecule has 2 saturated heterocycles. The van der Waals surface area contributed by atoms with Gasteiger partial charge in [0.1, 0.15) is 24.1 Å². The van der Waals surface area contributed by atoms with Crippen LogP contribution in [0.2, 0.25) is 0 Å². The lowest BCUT2D eigenvalue weighted by Gasteiger charge is -2.28. The Hall–Kier alpha value is -1.18. The molecule has 0 spiro atoms. The number of aryl methyl sites for hydroxylation is 1. The zero-order chi connectivity index (χ0) is 23.1. The minimum Gasteiger partial charge on any atom is -0.493 e. The Bertz CT molecular complexity index is 706. The number of unbranched alkanes of at least 4 members (excludes halogenated alkanes) is 2. The maximum Gasteiger partial charge on any atom is 0.190 e. The van der Waals surface area contributed by atoms with Crippen LogP contribution in [0.4, 0.5) is 0 Å². The number of ether oxygens (including phenoxy) is 5. The van der Waals surface area contributed by atoms with Crippen molar-refractivity contribution in [2.45, 2.75) is 123 Å². The molecule has 182 valence electrons. The molecule has 0 aromatic heterocycles. The van der Waals surface area contributed by atoms with Gasteiger partial charge in [0.2, 0.25) is 0 Å². The van der Waals surface area contributed by atoms with E-state index in [-0.39, 0.29) is 6.10 Å². The normalized spacial score (nSPS) is 27.4. The highest BCUT2D eigenvalue weighted by molar-refractivity contribution is 5.37. The number of rotatable bonds is 13. The predicted molar refractivity (Wildman–Crippen MR) is 124 cm³/mol. The van der Waals surface area contributed by atoms with Crippen molar-refractivity contribution in [2.75, 3.05) is 6.61 Å². The highest BCUT2D eigenvalue weighted by Gasteiger charge is 2.56. The Morgan fingerprint density at radius 2 is 1.84 bits per heavy atom. The second-order valence-electron chi connectivity index (χ2n) is 9.45. The molecule has 1 N–H and O–H groups in total. The fraction of sp³-hybridized carbons (Fsp3) is 0.769. The SMILES string of the molecule is CCCCOc1cc(CO[C@@H]2[C@H]3OC(C)(C)O[C@H]3O[C@@H]2[C@H](O)CCC)ccc1CCCC. The van der Waals surface area contributed by atoms with Gasteiger partial charge in [-0.15, -0.1) is 0 Å². The molecule has 0 radical (unpaired) electrons. The Labute approximate surface area is 193 Å². The lowest BCUT2D eigenvalue weighted by atomic mass is 10.0. The van der Waals surface area contributed by atoms with E-state index in [1.807, 2.05) is 20.8 Å². The average Bonchev–Trinajstić information content (AvgIpc) is 3.23. The van der Waals surface area contributed by atoms with Crippen LogP contribution in [-0.2, 0) is 32.0 Å². The summed E-state index contributed by atoms with van der Waals surface area (Å²) in [6.45, 7) is 11.3. The smallest absolute Gasteiger partial charge is 0.190 e. The molecule has 1 aromatic carbocycles. The summed E-state index contributed by atoms with van der Waals surface area (Å²) in [5.41, 5.74) is 2.29. The van der Waals surface area contributed by atoms with E-state index in [4.69, 9.17) is 23.7 Å². The Morgan fingerprint density at radius 1 is 1.06 bits per heavy atom. The molecule has 1 aromatic rings. The monoisotopic (exact) mass is 450 g/mol. The molecule has 0 bridgehead atoms. The van der Waals surface area contributed by atoms with Gasteiger partial charge in [0.25, 0.3) is 0 Å². The Balaban J connectivity index is 1.71. The molecule has 2 heterocycles. The molecule has 5 atom stereocenters. The van der Waals surface area contributed by atoms with E-state index in [1.165, 1.54) is 5.56 Å². The van der Waals surface area contributed by atoms with Crippen LogP contribution in [0.1, 0.15) is 84.3 Å². The predicted octanol–water partition coefficient (Wildman–Crippen LogP) is 5.13. The summed E-state index contributed by atoms with van der Waals surface area (Å²) in [5.74, 6) is 0.233. The second-order valence-corrected chi connectivity index (χ2v) is 9.45. The van der Waals surface area contributed by atoms with Crippen molar-refractivity contribution in [3.63, 3.8) is 0 Å². The van der Waals surface area contributed by atoms with Gasteiger partial charge in [-0.3, -0.25) is 0 Å². The minimum absolute atomic E-state index is 0.356. The number of aliphatic hydroxyl groups is 1. The fourth-order valence-electron chi connectivity index (χ4n) is 4.38. The Kier molecular flexibility index (Phi) is 9.38. The van der Waals surface area contributed by atoms with E-state index in [1.54, 1.807) is 0 Å². The largest absolute Gasteiger partial charge is 0.493 e. The summed E-state index contributed by atoms with van der Waals surface area (Å²) in [5, 5.41) is 10.6. The number of fused-ring (bicyclic) bond motifs is 1. The minimum atomic E-state index is -0.723. The highest BCUT2D eigenvalue weighted by atomic mass is 16.8. The number of hydrogen-bond acceptors (Lipinski definition) is 6. The molecule has 32 heavy (non-hydrogen) atoms. The van der Waals surface area contributed by atoms with E-state index in [2.05, 4.69) is 32.0 Å². The second kappa shape index (κ2) is 11.8. The molecule has 0 amide bonds. The first kappa shape index (κ1) is 25.4. The van der Waals surface area contributed by atoms with Crippen molar-refractivity contribution in [2.24, 2.45) is 0 Å². The molecule has 0 unspecified atom stereocenters. The molecule has 6 heteroatoms. The van der Waals surface area contributed by atoms with Gasteiger partial charge in [0.15, 0.2) is 12.1 Å². The third kappa shape index (κ3) is 6.45. The molecular formula is C26H42O6. The Morgan fingerprint density at radius 3 is 2.56 bits per heavy atom. The van der Waals surface area contributed by atoms with Crippen molar-refractivity contribution >= 4 is 0 Å². The third-order valence-corrected chi connectivity index (χ3v) is 6.12. The van der Waals surface area contributed by atoms with Crippen molar-refractivity contribution < 1.29 is 28.8 Å². The van der Waals surface area contributed by atoms with E-state index >= 15 is 0 Å². The van der Waals surface area contributed by atoms with E-state index in [9.17, 15) is 5.11 Å². The standard InChI is InChI=1S/C26H42O6/c1-6-9-12-19-14-13-18(16-21(19)28-15-10-7-2)17-29-23-22(20(27)11-8-3)30-25-24(23)31-26(4,5)32-25/h13-14,16,20,22-25,27H,6-12,15,17H2,1-5H3/t20-,22-,23+,24-,25-/m1/s1. The van der Waals surface area contributed by atoms with Gasteiger partial charge in [0, 0.05) is 0 Å². The third-order valence-electron chi connectivity index (χ3n) is 6.12. The summed E-state index contributed by atoms with van der Waals surface area (Å²) in [6, 6.07) is 6.37. The zero-order valence-electron chi connectivity index (χ0n) is 20.5. The molecule has 0 saturated carbocycles. The first-order valence-electron chi connectivity index (χ1n) is 12.4. The lowest BCUT2D eigenvalue weighted by molar-refractivity contribution is -0.230. The van der Waals surface area contributed by atoms with Crippen molar-refractivity contribution in [3.05, 3.63) is 29.3 Å². The molecule has 3 rings (SSSR count). The number of aliphatic hydroxyl groups excluding tert-OH is 1. The molecular weight excluding hydrogens is 408 g/mol. The summed E-state index contributed by atoms with van der Waals surface area (Å²) >= 11 is 0. The molecule has 2 fully saturated rings. The quantitative estimate of drug-likeness (QED) is 0.420. The van der Waals surface area contributed by atoms with Crippen LogP contribution in [0.15, 0.2) is 18.2 Å². The van der Waals surface area contributed by atoms with Gasteiger partial charge >= 0.3 is 0 Å². The number of hydrogen-bond donors (Lipinski definition) is 1. The van der Waals surface area contributed by atoms with Gasteiger partial charge < -0.3 is 28.8 Å². The molecule has 6 nitrogen and oxygen atoms in total. The first-order valence-corrected chi connectivity index (χ1v) is 12.4. The number of benzene rings is 1. The van der Waals surface area contributed by atoms with Crippen molar-refractivity contribution in [1.82, 2.24) is 0 Å². The van der Waals surface area contributed by atoms with E-state index in [0.29, 0.717) is 13.0 Å². The maximum absolute atomic E-state index is 10.6. The van der Waals surface area contributed by atoms with E-state index < -0.39 is 30.4 Å². The van der Waals surface area contributed by atoms with Gasteiger partial charge in [-0.1, -0.05) is 52.2 Å². The summed E-state index contributed by atoms with van der Waals surface area (Å²) in [6.07, 6.45) is 4.64. The summed E-state index contributed by atoms with van der Waals surface area (Å²) in [4.78, 5) is 0. The molecule has 0 aliphatic carbocycles. The maximum atomic E-state index is 10.6. The van der Waals surface area contributed by atoms with Crippen LogP contribution in [0, 0.1) is 0 Å². The van der Waals surface area contributed by atoms with Crippen molar-refractivity contribution in [1.29, 1.82) is 0 Å². The van der Waals surface area contributed by atoms with Gasteiger partial charge in [0.05, 0.1) is 19.3 Å². The summed E-state index contributed by atoms with van der Waals surface area (Å²) in [7, 11) is 0.